The van der Waals surface area contributed by atoms with Crippen LogP contribution >= 0.6 is 0 Å². The van der Waals surface area contributed by atoms with E-state index in [1.807, 2.05) is 26.0 Å². The molecule has 1 aliphatic rings. The first-order chi connectivity index (χ1) is 14.9. The van der Waals surface area contributed by atoms with Gasteiger partial charge in [0.1, 0.15) is 11.5 Å². The maximum atomic E-state index is 12.7. The quantitative estimate of drug-likeness (QED) is 0.264. The molecule has 0 fully saturated rings. The molecule has 0 aliphatic heterocycles. The molecular formula is C23H21N3O5. The molecule has 8 heteroatoms. The highest BCUT2D eigenvalue weighted by atomic mass is 16.6. The van der Waals surface area contributed by atoms with Gasteiger partial charge in [0.05, 0.1) is 16.3 Å². The van der Waals surface area contributed by atoms with E-state index in [1.165, 1.54) is 12.1 Å². The second-order valence-electron chi connectivity index (χ2n) is 7.38. The summed E-state index contributed by atoms with van der Waals surface area (Å²) in [6.45, 7) is 3.78. The number of carbonyl (C=O) groups is 1. The Hall–Kier alpha value is -3.94. The van der Waals surface area contributed by atoms with Crippen LogP contribution in [0.15, 0.2) is 58.0 Å². The third kappa shape index (κ3) is 4.32. The van der Waals surface area contributed by atoms with E-state index in [0.717, 1.165) is 29.7 Å². The minimum atomic E-state index is -0.543. The molecule has 1 heterocycles. The number of hydrazone groups is 1. The smallest absolute Gasteiger partial charge is 0.379 e. The number of carbonyl (C=O) groups excluding carboxylic acids is 1. The summed E-state index contributed by atoms with van der Waals surface area (Å²) in [6.07, 6.45) is 2.28. The maximum Gasteiger partial charge on any atom is 0.379 e. The average Bonchev–Trinajstić information content (AvgIpc) is 3.11. The molecule has 1 aliphatic carbocycles. The molecule has 1 N–H and O–H groups in total. The van der Waals surface area contributed by atoms with Crippen molar-refractivity contribution in [2.75, 3.05) is 5.43 Å². The molecule has 158 valence electrons. The summed E-state index contributed by atoms with van der Waals surface area (Å²) in [4.78, 5) is 23.0. The van der Waals surface area contributed by atoms with E-state index in [-0.39, 0.29) is 11.4 Å². The number of nitro benzene ring substituents is 1. The summed E-state index contributed by atoms with van der Waals surface area (Å²) in [5.74, 6) is 0.802. The highest BCUT2D eigenvalue weighted by molar-refractivity contribution is 6.06. The van der Waals surface area contributed by atoms with Gasteiger partial charge in [0, 0.05) is 29.7 Å². The molecule has 0 spiro atoms. The standard InChI is InChI=1S/C23H21N3O5/c1-14-6-12-18(13-7-14)30-23(27)22-15(2)21-19(4-3-5-20(21)31-22)25-24-16-8-10-17(11-9-16)26(28)29/h6-13,24H,3-5H2,1-2H3/b25-19+. The van der Waals surface area contributed by atoms with Crippen LogP contribution in [-0.2, 0) is 6.42 Å². The number of ether oxygens (including phenoxy) is 1. The van der Waals surface area contributed by atoms with Gasteiger partial charge in [-0.2, -0.15) is 5.10 Å². The Balaban J connectivity index is 1.56. The third-order valence-electron chi connectivity index (χ3n) is 5.14. The predicted molar refractivity (Wildman–Crippen MR) is 116 cm³/mol. The molecule has 0 atom stereocenters. The topological polar surface area (TPSA) is 107 Å². The summed E-state index contributed by atoms with van der Waals surface area (Å²) in [5.41, 5.74) is 6.94. The molecular weight excluding hydrogens is 398 g/mol. The van der Waals surface area contributed by atoms with Crippen molar-refractivity contribution < 1.29 is 18.9 Å². The van der Waals surface area contributed by atoms with E-state index in [2.05, 4.69) is 10.5 Å². The number of non-ortho nitro benzene ring substituents is 1. The fourth-order valence-electron chi connectivity index (χ4n) is 3.52. The van der Waals surface area contributed by atoms with E-state index < -0.39 is 10.9 Å². The third-order valence-corrected chi connectivity index (χ3v) is 5.14. The van der Waals surface area contributed by atoms with Gasteiger partial charge < -0.3 is 9.15 Å². The van der Waals surface area contributed by atoms with Crippen LogP contribution in [0.25, 0.3) is 0 Å². The zero-order valence-electron chi connectivity index (χ0n) is 17.2. The van der Waals surface area contributed by atoms with Crippen LogP contribution < -0.4 is 10.2 Å². The van der Waals surface area contributed by atoms with Crippen LogP contribution in [0.1, 0.15) is 45.8 Å². The van der Waals surface area contributed by atoms with E-state index in [1.54, 1.807) is 24.3 Å². The number of nitrogens with zero attached hydrogens (tertiary/aromatic N) is 2. The number of furan rings is 1. The normalized spacial score (nSPS) is 14.2. The number of esters is 1. The predicted octanol–water partition coefficient (Wildman–Crippen LogP) is 5.18. The summed E-state index contributed by atoms with van der Waals surface area (Å²) in [7, 11) is 0. The Morgan fingerprint density at radius 2 is 1.81 bits per heavy atom. The van der Waals surface area contributed by atoms with E-state index >= 15 is 0 Å². The van der Waals surface area contributed by atoms with Gasteiger partial charge in [-0.15, -0.1) is 0 Å². The lowest BCUT2D eigenvalue weighted by molar-refractivity contribution is -0.384. The largest absolute Gasteiger partial charge is 0.453 e. The number of aryl methyl sites for hydroxylation is 2. The lowest BCUT2D eigenvalue weighted by Crippen LogP contribution is -2.13. The van der Waals surface area contributed by atoms with Crippen molar-refractivity contribution >= 4 is 23.1 Å². The maximum absolute atomic E-state index is 12.7. The first-order valence-corrected chi connectivity index (χ1v) is 9.91. The van der Waals surface area contributed by atoms with E-state index in [9.17, 15) is 14.9 Å². The number of rotatable bonds is 5. The zero-order chi connectivity index (χ0) is 22.0. The number of nitro groups is 1. The van der Waals surface area contributed by atoms with Crippen molar-refractivity contribution in [1.82, 2.24) is 0 Å². The number of hydrogen-bond donors (Lipinski definition) is 1. The molecule has 0 amide bonds. The molecule has 1 aromatic heterocycles. The van der Waals surface area contributed by atoms with Crippen molar-refractivity contribution in [3.8, 4) is 5.75 Å². The van der Waals surface area contributed by atoms with E-state index in [0.29, 0.717) is 29.2 Å². The highest BCUT2D eigenvalue weighted by Gasteiger charge is 2.29. The Bertz CT molecular complexity index is 1160. The van der Waals surface area contributed by atoms with Gasteiger partial charge in [-0.25, -0.2) is 4.79 Å². The molecule has 0 saturated carbocycles. The minimum absolute atomic E-state index is 0.0144. The molecule has 8 nitrogen and oxygen atoms in total. The highest BCUT2D eigenvalue weighted by Crippen LogP contribution is 2.31. The number of fused-ring (bicyclic) bond motifs is 1. The first-order valence-electron chi connectivity index (χ1n) is 9.91. The average molecular weight is 419 g/mol. The molecule has 0 bridgehead atoms. The summed E-state index contributed by atoms with van der Waals surface area (Å²) in [5, 5.41) is 15.3. The van der Waals surface area contributed by atoms with Crippen LogP contribution in [0, 0.1) is 24.0 Å². The summed E-state index contributed by atoms with van der Waals surface area (Å²) < 4.78 is 11.3. The Labute approximate surface area is 178 Å². The van der Waals surface area contributed by atoms with Gasteiger partial charge in [0.2, 0.25) is 5.76 Å². The van der Waals surface area contributed by atoms with E-state index in [4.69, 9.17) is 9.15 Å². The zero-order valence-corrected chi connectivity index (χ0v) is 17.2. The van der Waals surface area contributed by atoms with Crippen molar-refractivity contribution in [3.05, 3.63) is 86.9 Å². The SMILES string of the molecule is Cc1ccc(OC(=O)c2oc3c(c2C)/C(=N/Nc2ccc([N+](=O)[O-])cc2)CCC3)cc1. The second kappa shape index (κ2) is 8.43. The number of benzene rings is 2. The second-order valence-corrected chi connectivity index (χ2v) is 7.38. The number of hydrogen-bond acceptors (Lipinski definition) is 7. The fraction of sp³-hybridized carbons (Fsp3) is 0.217. The summed E-state index contributed by atoms with van der Waals surface area (Å²) >= 11 is 0. The van der Waals surface area contributed by atoms with Crippen LogP contribution in [-0.4, -0.2) is 16.6 Å². The van der Waals surface area contributed by atoms with Gasteiger partial charge in [-0.3, -0.25) is 15.5 Å². The van der Waals surface area contributed by atoms with Gasteiger partial charge in [-0.1, -0.05) is 17.7 Å². The molecule has 31 heavy (non-hydrogen) atoms. The lowest BCUT2D eigenvalue weighted by Gasteiger charge is -2.13. The van der Waals surface area contributed by atoms with Crippen molar-refractivity contribution in [2.24, 2.45) is 5.10 Å². The van der Waals surface area contributed by atoms with Crippen LogP contribution in [0.2, 0.25) is 0 Å². The monoisotopic (exact) mass is 419 g/mol. The fourth-order valence-corrected chi connectivity index (χ4v) is 3.52. The molecule has 0 saturated heterocycles. The Morgan fingerprint density at radius 1 is 1.10 bits per heavy atom. The van der Waals surface area contributed by atoms with Gasteiger partial charge >= 0.3 is 5.97 Å². The Morgan fingerprint density at radius 3 is 2.48 bits per heavy atom. The number of anilines is 1. The van der Waals surface area contributed by atoms with Gasteiger partial charge in [0.15, 0.2) is 0 Å². The van der Waals surface area contributed by atoms with Crippen molar-refractivity contribution in [2.45, 2.75) is 33.1 Å². The summed E-state index contributed by atoms with van der Waals surface area (Å²) in [6, 6.07) is 13.2. The molecule has 4 rings (SSSR count). The molecule has 0 radical (unpaired) electrons. The Kier molecular flexibility index (Phi) is 5.53. The van der Waals surface area contributed by atoms with Crippen LogP contribution in [0.5, 0.6) is 5.75 Å². The van der Waals surface area contributed by atoms with Gasteiger partial charge in [-0.05, 0) is 51.0 Å². The van der Waals surface area contributed by atoms with Gasteiger partial charge in [0.25, 0.3) is 5.69 Å². The van der Waals surface area contributed by atoms with Crippen LogP contribution in [0.3, 0.4) is 0 Å². The first kappa shape index (κ1) is 20.3. The minimum Gasteiger partial charge on any atom is -0.453 e. The van der Waals surface area contributed by atoms with Crippen molar-refractivity contribution in [3.63, 3.8) is 0 Å². The number of nitrogens with one attached hydrogen (secondary N) is 1. The van der Waals surface area contributed by atoms with Crippen LogP contribution in [0.4, 0.5) is 11.4 Å². The molecule has 2 aromatic carbocycles. The molecule has 0 unspecified atom stereocenters. The lowest BCUT2D eigenvalue weighted by atomic mass is 9.93. The molecule has 3 aromatic rings. The van der Waals surface area contributed by atoms with Crippen molar-refractivity contribution in [1.29, 1.82) is 0 Å².